The van der Waals surface area contributed by atoms with Crippen LogP contribution in [-0.4, -0.2) is 25.2 Å². The molecule has 4 nitrogen and oxygen atoms in total. The Morgan fingerprint density at radius 3 is 2.93 bits per heavy atom. The highest BCUT2D eigenvalue weighted by molar-refractivity contribution is 6.15. The van der Waals surface area contributed by atoms with E-state index in [1.165, 1.54) is 0 Å². The lowest BCUT2D eigenvalue weighted by atomic mass is 10.0. The highest BCUT2D eigenvalue weighted by atomic mass is 16.5. The SMILES string of the molecule is CCC(=O)NC1=CC=C(COBO)CC1. The first-order valence-corrected chi connectivity index (χ1v) is 5.13. The summed E-state index contributed by atoms with van der Waals surface area (Å²) in [4.78, 5) is 11.1. The molecule has 0 spiro atoms. The number of hydrogen-bond acceptors (Lipinski definition) is 3. The second-order valence-corrected chi connectivity index (χ2v) is 3.40. The maximum absolute atomic E-state index is 11.1. The van der Waals surface area contributed by atoms with Crippen LogP contribution in [0, 0.1) is 0 Å². The van der Waals surface area contributed by atoms with Crippen LogP contribution >= 0.6 is 0 Å². The summed E-state index contributed by atoms with van der Waals surface area (Å²) in [6.07, 6.45) is 6.03. The van der Waals surface area contributed by atoms with Crippen molar-refractivity contribution in [1.82, 2.24) is 5.32 Å². The van der Waals surface area contributed by atoms with Crippen LogP contribution in [0.15, 0.2) is 23.4 Å². The lowest BCUT2D eigenvalue weighted by Gasteiger charge is -2.15. The van der Waals surface area contributed by atoms with Crippen LogP contribution in [0.4, 0.5) is 0 Å². The van der Waals surface area contributed by atoms with Crippen LogP contribution < -0.4 is 5.32 Å². The number of carbonyl (C=O) groups is 1. The van der Waals surface area contributed by atoms with Gasteiger partial charge in [-0.1, -0.05) is 13.0 Å². The molecule has 0 aromatic carbocycles. The van der Waals surface area contributed by atoms with E-state index in [-0.39, 0.29) is 13.6 Å². The minimum absolute atomic E-state index is 0.0460. The smallest absolute Gasteiger partial charge is 0.430 e. The van der Waals surface area contributed by atoms with E-state index in [0.29, 0.717) is 13.0 Å². The van der Waals surface area contributed by atoms with E-state index in [1.807, 2.05) is 19.1 Å². The van der Waals surface area contributed by atoms with Crippen molar-refractivity contribution < 1.29 is 14.5 Å². The molecule has 0 unspecified atom stereocenters. The largest absolute Gasteiger partial charge is 0.435 e. The van der Waals surface area contributed by atoms with Gasteiger partial charge in [0.2, 0.25) is 5.91 Å². The number of hydrogen-bond donors (Lipinski definition) is 2. The first-order valence-electron chi connectivity index (χ1n) is 5.13. The fraction of sp³-hybridized carbons (Fsp3) is 0.500. The number of rotatable bonds is 5. The molecule has 0 heterocycles. The number of carbonyl (C=O) groups excluding carboxylic acids is 1. The second-order valence-electron chi connectivity index (χ2n) is 3.40. The summed E-state index contributed by atoms with van der Waals surface area (Å²) < 4.78 is 4.88. The van der Waals surface area contributed by atoms with Crippen molar-refractivity contribution in [2.75, 3.05) is 6.61 Å². The van der Waals surface area contributed by atoms with Crippen molar-refractivity contribution in [3.05, 3.63) is 23.4 Å². The third-order valence-corrected chi connectivity index (χ3v) is 2.24. The van der Waals surface area contributed by atoms with Gasteiger partial charge in [-0.05, 0) is 24.5 Å². The van der Waals surface area contributed by atoms with Crippen LogP contribution in [-0.2, 0) is 9.45 Å². The molecule has 0 radical (unpaired) electrons. The van der Waals surface area contributed by atoms with Crippen molar-refractivity contribution in [1.29, 1.82) is 0 Å². The zero-order chi connectivity index (χ0) is 11.1. The van der Waals surface area contributed by atoms with E-state index in [2.05, 4.69) is 5.32 Å². The van der Waals surface area contributed by atoms with Crippen LogP contribution in [0.5, 0.6) is 0 Å². The molecule has 0 atom stereocenters. The number of amides is 1. The Labute approximate surface area is 90.3 Å². The highest BCUT2D eigenvalue weighted by Crippen LogP contribution is 2.16. The van der Waals surface area contributed by atoms with E-state index in [1.54, 1.807) is 0 Å². The van der Waals surface area contributed by atoms with Gasteiger partial charge in [-0.2, -0.15) is 0 Å². The predicted octanol–water partition coefficient (Wildman–Crippen LogP) is 0.392. The number of nitrogens with one attached hydrogen (secondary N) is 1. The normalized spacial score (nSPS) is 15.3. The van der Waals surface area contributed by atoms with Gasteiger partial charge in [0, 0.05) is 12.1 Å². The van der Waals surface area contributed by atoms with E-state index < -0.39 is 0 Å². The van der Waals surface area contributed by atoms with Gasteiger partial charge in [-0.25, -0.2) is 0 Å². The molecule has 82 valence electrons. The molecule has 1 aliphatic rings. The molecule has 0 aliphatic heterocycles. The Balaban J connectivity index is 2.41. The van der Waals surface area contributed by atoms with Gasteiger partial charge < -0.3 is 15.0 Å². The van der Waals surface area contributed by atoms with Gasteiger partial charge >= 0.3 is 7.69 Å². The predicted molar refractivity (Wildman–Crippen MR) is 59.2 cm³/mol. The van der Waals surface area contributed by atoms with E-state index in [0.717, 1.165) is 24.1 Å². The van der Waals surface area contributed by atoms with Crippen LogP contribution in [0.1, 0.15) is 26.2 Å². The van der Waals surface area contributed by atoms with Gasteiger partial charge in [0.1, 0.15) is 0 Å². The molecule has 5 heteroatoms. The van der Waals surface area contributed by atoms with Crippen molar-refractivity contribution >= 4 is 13.6 Å². The minimum Gasteiger partial charge on any atom is -0.430 e. The van der Waals surface area contributed by atoms with Crippen LogP contribution in [0.2, 0.25) is 0 Å². The summed E-state index contributed by atoms with van der Waals surface area (Å²) in [5, 5.41) is 11.3. The van der Waals surface area contributed by atoms with Gasteiger partial charge in [-0.3, -0.25) is 4.79 Å². The monoisotopic (exact) mass is 209 g/mol. The molecule has 0 aromatic rings. The molecule has 0 saturated carbocycles. The molecule has 1 aliphatic carbocycles. The molecule has 0 fully saturated rings. The minimum atomic E-state index is -0.250. The molecule has 0 bridgehead atoms. The summed E-state index contributed by atoms with van der Waals surface area (Å²) in [6.45, 7) is 2.29. The summed E-state index contributed by atoms with van der Waals surface area (Å²) >= 11 is 0. The highest BCUT2D eigenvalue weighted by Gasteiger charge is 2.08. The van der Waals surface area contributed by atoms with E-state index in [4.69, 9.17) is 9.68 Å². The summed E-state index contributed by atoms with van der Waals surface area (Å²) in [7, 11) is -0.250. The Hall–Kier alpha value is -1.07. The Morgan fingerprint density at radius 1 is 1.60 bits per heavy atom. The van der Waals surface area contributed by atoms with Gasteiger partial charge in [0.15, 0.2) is 0 Å². The van der Waals surface area contributed by atoms with Gasteiger partial charge in [0.05, 0.1) is 6.61 Å². The average Bonchev–Trinajstić information content (AvgIpc) is 2.28. The summed E-state index contributed by atoms with van der Waals surface area (Å²) in [6, 6.07) is 0. The zero-order valence-corrected chi connectivity index (χ0v) is 8.95. The standard InChI is InChI=1S/C10H16BNO3/c1-2-10(13)12-9-5-3-8(4-6-9)7-15-11-14/h3,5,11,14H,2,4,6-7H2,1H3,(H,12,13). The Morgan fingerprint density at radius 2 is 2.40 bits per heavy atom. The fourth-order valence-corrected chi connectivity index (χ4v) is 1.35. The van der Waals surface area contributed by atoms with E-state index in [9.17, 15) is 4.79 Å². The van der Waals surface area contributed by atoms with Crippen molar-refractivity contribution in [2.45, 2.75) is 26.2 Å². The zero-order valence-electron chi connectivity index (χ0n) is 8.95. The van der Waals surface area contributed by atoms with Crippen molar-refractivity contribution in [3.63, 3.8) is 0 Å². The molecular formula is C10H16BNO3. The van der Waals surface area contributed by atoms with Crippen molar-refractivity contribution in [3.8, 4) is 0 Å². The van der Waals surface area contributed by atoms with Crippen molar-refractivity contribution in [2.24, 2.45) is 0 Å². The molecule has 0 aromatic heterocycles. The molecule has 1 rings (SSSR count). The van der Waals surface area contributed by atoms with Crippen LogP contribution in [0.3, 0.4) is 0 Å². The Kier molecular flexibility index (Phi) is 5.14. The average molecular weight is 209 g/mol. The van der Waals surface area contributed by atoms with E-state index >= 15 is 0 Å². The quantitative estimate of drug-likeness (QED) is 0.644. The Bertz CT molecular complexity index is 286. The summed E-state index contributed by atoms with van der Waals surface area (Å²) in [5.41, 5.74) is 2.09. The van der Waals surface area contributed by atoms with Crippen LogP contribution in [0.25, 0.3) is 0 Å². The fourth-order valence-electron chi connectivity index (χ4n) is 1.35. The third-order valence-electron chi connectivity index (χ3n) is 2.24. The first kappa shape index (κ1) is 12.0. The topological polar surface area (TPSA) is 58.6 Å². The molecule has 15 heavy (non-hydrogen) atoms. The lowest BCUT2D eigenvalue weighted by Crippen LogP contribution is -2.22. The molecule has 1 amide bonds. The number of allylic oxidation sites excluding steroid dienone is 3. The molecule has 2 N–H and O–H groups in total. The lowest BCUT2D eigenvalue weighted by molar-refractivity contribution is -0.120. The van der Waals surface area contributed by atoms with Gasteiger partial charge in [-0.15, -0.1) is 0 Å². The maximum Gasteiger partial charge on any atom is 0.435 e. The third kappa shape index (κ3) is 4.31. The maximum atomic E-state index is 11.1. The molecular weight excluding hydrogens is 193 g/mol. The second kappa shape index (κ2) is 6.42. The molecule has 0 saturated heterocycles. The van der Waals surface area contributed by atoms with Gasteiger partial charge in [0.25, 0.3) is 0 Å². The summed E-state index contributed by atoms with van der Waals surface area (Å²) in [5.74, 6) is 0.0460. The first-order chi connectivity index (χ1) is 7.26.